The largest absolute Gasteiger partial charge is 0.497 e. The highest BCUT2D eigenvalue weighted by atomic mass is 16.5. The maximum absolute atomic E-state index is 11.8. The van der Waals surface area contributed by atoms with Crippen molar-refractivity contribution < 1.29 is 14.3 Å². The summed E-state index contributed by atoms with van der Waals surface area (Å²) >= 11 is 0. The first-order valence-electron chi connectivity index (χ1n) is 6.93. The standard InChI is InChI=1S/C15H21N3O3/c1-11(19)18-8-7-17(10-15(16)20)9-14(18)12-3-5-13(21-2)6-4-12/h3-6,14H,7-10H2,1-2H3,(H2,16,20)/t14-/m0/s1. The molecule has 2 amide bonds. The minimum atomic E-state index is -0.347. The molecule has 0 aliphatic carbocycles. The average molecular weight is 291 g/mol. The Balaban J connectivity index is 2.20. The number of nitrogens with zero attached hydrogens (tertiary/aromatic N) is 2. The number of rotatable bonds is 4. The number of ether oxygens (including phenoxy) is 1. The van der Waals surface area contributed by atoms with Crippen molar-refractivity contribution in [1.82, 2.24) is 9.80 Å². The third-order valence-electron chi connectivity index (χ3n) is 3.75. The predicted octanol–water partition coefficient (Wildman–Crippen LogP) is 0.386. The quantitative estimate of drug-likeness (QED) is 0.870. The first-order chi connectivity index (χ1) is 10.0. The molecular formula is C15H21N3O3. The van der Waals surface area contributed by atoms with Gasteiger partial charge in [-0.05, 0) is 17.7 Å². The number of carbonyl (C=O) groups excluding carboxylic acids is 2. The van der Waals surface area contributed by atoms with Crippen LogP contribution in [-0.2, 0) is 9.59 Å². The maximum Gasteiger partial charge on any atom is 0.231 e. The van der Waals surface area contributed by atoms with Crippen LogP contribution in [-0.4, -0.2) is 54.9 Å². The molecule has 0 aromatic heterocycles. The number of methoxy groups -OCH3 is 1. The van der Waals surface area contributed by atoms with Crippen LogP contribution in [0.4, 0.5) is 0 Å². The van der Waals surface area contributed by atoms with Crippen LogP contribution in [0.2, 0.25) is 0 Å². The zero-order valence-electron chi connectivity index (χ0n) is 12.4. The van der Waals surface area contributed by atoms with Crippen LogP contribution in [0.1, 0.15) is 18.5 Å². The zero-order valence-corrected chi connectivity index (χ0v) is 12.4. The summed E-state index contributed by atoms with van der Waals surface area (Å²) in [6, 6.07) is 7.59. The summed E-state index contributed by atoms with van der Waals surface area (Å²) in [6.45, 7) is 3.65. The van der Waals surface area contributed by atoms with Gasteiger partial charge in [0.15, 0.2) is 0 Å². The van der Waals surface area contributed by atoms with Crippen LogP contribution in [0.25, 0.3) is 0 Å². The third kappa shape index (κ3) is 3.72. The summed E-state index contributed by atoms with van der Waals surface area (Å²) in [5.41, 5.74) is 6.29. The highest BCUT2D eigenvalue weighted by molar-refractivity contribution is 5.76. The summed E-state index contributed by atoms with van der Waals surface area (Å²) in [5, 5.41) is 0. The summed E-state index contributed by atoms with van der Waals surface area (Å²) in [5.74, 6) is 0.465. The van der Waals surface area contributed by atoms with Crippen molar-refractivity contribution in [2.45, 2.75) is 13.0 Å². The van der Waals surface area contributed by atoms with Crippen molar-refractivity contribution in [2.24, 2.45) is 5.73 Å². The van der Waals surface area contributed by atoms with Crippen molar-refractivity contribution >= 4 is 11.8 Å². The van der Waals surface area contributed by atoms with Crippen LogP contribution >= 0.6 is 0 Å². The number of carbonyl (C=O) groups is 2. The van der Waals surface area contributed by atoms with Gasteiger partial charge in [-0.1, -0.05) is 12.1 Å². The second-order valence-electron chi connectivity index (χ2n) is 5.20. The van der Waals surface area contributed by atoms with E-state index in [0.717, 1.165) is 11.3 Å². The van der Waals surface area contributed by atoms with Gasteiger partial charge in [-0.25, -0.2) is 0 Å². The first-order valence-corrected chi connectivity index (χ1v) is 6.93. The second kappa shape index (κ2) is 6.58. The van der Waals surface area contributed by atoms with E-state index >= 15 is 0 Å². The van der Waals surface area contributed by atoms with E-state index in [2.05, 4.69) is 0 Å². The Morgan fingerprint density at radius 1 is 1.29 bits per heavy atom. The Bertz CT molecular complexity index is 515. The Morgan fingerprint density at radius 3 is 2.48 bits per heavy atom. The molecular weight excluding hydrogens is 270 g/mol. The van der Waals surface area contributed by atoms with Crippen LogP contribution in [0.15, 0.2) is 24.3 Å². The van der Waals surface area contributed by atoms with Crippen LogP contribution in [0.5, 0.6) is 5.75 Å². The second-order valence-corrected chi connectivity index (χ2v) is 5.20. The molecule has 21 heavy (non-hydrogen) atoms. The molecule has 2 N–H and O–H groups in total. The Kier molecular flexibility index (Phi) is 4.80. The molecule has 1 saturated heterocycles. The maximum atomic E-state index is 11.8. The van der Waals surface area contributed by atoms with Crippen molar-refractivity contribution in [1.29, 1.82) is 0 Å². The molecule has 0 bridgehead atoms. The van der Waals surface area contributed by atoms with E-state index in [1.807, 2.05) is 34.1 Å². The number of amides is 2. The fourth-order valence-corrected chi connectivity index (χ4v) is 2.69. The average Bonchev–Trinajstić information content (AvgIpc) is 2.46. The molecule has 1 aromatic rings. The zero-order chi connectivity index (χ0) is 15.4. The van der Waals surface area contributed by atoms with E-state index in [1.165, 1.54) is 0 Å². The lowest BCUT2D eigenvalue weighted by atomic mass is 10.0. The molecule has 1 fully saturated rings. The Morgan fingerprint density at radius 2 is 1.95 bits per heavy atom. The van der Waals surface area contributed by atoms with Crippen molar-refractivity contribution in [2.75, 3.05) is 33.3 Å². The summed E-state index contributed by atoms with van der Waals surface area (Å²) in [7, 11) is 1.62. The van der Waals surface area contributed by atoms with E-state index in [4.69, 9.17) is 10.5 Å². The summed E-state index contributed by atoms with van der Waals surface area (Å²) < 4.78 is 5.15. The Hall–Kier alpha value is -2.08. The van der Waals surface area contributed by atoms with Gasteiger partial charge in [0, 0.05) is 26.6 Å². The van der Waals surface area contributed by atoms with Crippen molar-refractivity contribution in [3.8, 4) is 5.75 Å². The normalized spacial score (nSPS) is 19.3. The molecule has 2 rings (SSSR count). The molecule has 114 valence electrons. The highest BCUT2D eigenvalue weighted by Crippen LogP contribution is 2.27. The number of nitrogens with two attached hydrogens (primary N) is 1. The smallest absolute Gasteiger partial charge is 0.231 e. The molecule has 1 aromatic carbocycles. The molecule has 6 nitrogen and oxygen atoms in total. The molecule has 1 aliphatic heterocycles. The van der Waals surface area contributed by atoms with Crippen LogP contribution < -0.4 is 10.5 Å². The van der Waals surface area contributed by atoms with Gasteiger partial charge < -0.3 is 15.4 Å². The third-order valence-corrected chi connectivity index (χ3v) is 3.75. The number of primary amides is 1. The number of hydrogen-bond acceptors (Lipinski definition) is 4. The fourth-order valence-electron chi connectivity index (χ4n) is 2.69. The first kappa shape index (κ1) is 15.3. The minimum Gasteiger partial charge on any atom is -0.497 e. The van der Waals surface area contributed by atoms with Crippen LogP contribution in [0.3, 0.4) is 0 Å². The van der Waals surface area contributed by atoms with Gasteiger partial charge in [-0.15, -0.1) is 0 Å². The highest BCUT2D eigenvalue weighted by Gasteiger charge is 2.30. The van der Waals surface area contributed by atoms with E-state index in [-0.39, 0.29) is 24.4 Å². The Labute approximate surface area is 124 Å². The number of hydrogen-bond donors (Lipinski definition) is 1. The van der Waals surface area contributed by atoms with Gasteiger partial charge in [0.1, 0.15) is 5.75 Å². The monoisotopic (exact) mass is 291 g/mol. The summed E-state index contributed by atoms with van der Waals surface area (Å²) in [4.78, 5) is 26.7. The lowest BCUT2D eigenvalue weighted by Gasteiger charge is -2.41. The minimum absolute atomic E-state index is 0.0366. The van der Waals surface area contributed by atoms with Gasteiger partial charge in [-0.3, -0.25) is 14.5 Å². The van der Waals surface area contributed by atoms with E-state index < -0.39 is 0 Å². The molecule has 1 aliphatic rings. The van der Waals surface area contributed by atoms with E-state index in [0.29, 0.717) is 19.6 Å². The van der Waals surface area contributed by atoms with Crippen LogP contribution in [0, 0.1) is 0 Å². The summed E-state index contributed by atoms with van der Waals surface area (Å²) in [6.07, 6.45) is 0. The van der Waals surface area contributed by atoms with Crippen molar-refractivity contribution in [3.05, 3.63) is 29.8 Å². The number of piperazine rings is 1. The van der Waals surface area contributed by atoms with Gasteiger partial charge in [0.2, 0.25) is 11.8 Å². The topological polar surface area (TPSA) is 75.9 Å². The van der Waals surface area contributed by atoms with Crippen molar-refractivity contribution in [3.63, 3.8) is 0 Å². The molecule has 0 radical (unpaired) electrons. The molecule has 0 unspecified atom stereocenters. The number of benzene rings is 1. The SMILES string of the molecule is COc1ccc([C@@H]2CN(CC(N)=O)CCN2C(C)=O)cc1. The molecule has 0 saturated carbocycles. The molecule has 1 atom stereocenters. The van der Waals surface area contributed by atoms with E-state index in [1.54, 1.807) is 14.0 Å². The molecule has 1 heterocycles. The fraction of sp³-hybridized carbons (Fsp3) is 0.467. The van der Waals surface area contributed by atoms with Gasteiger partial charge in [0.05, 0.1) is 19.7 Å². The van der Waals surface area contributed by atoms with Gasteiger partial charge in [-0.2, -0.15) is 0 Å². The molecule has 0 spiro atoms. The van der Waals surface area contributed by atoms with E-state index in [9.17, 15) is 9.59 Å². The van der Waals surface area contributed by atoms with Gasteiger partial charge in [0.25, 0.3) is 0 Å². The lowest BCUT2D eigenvalue weighted by Crippen LogP contribution is -2.51. The van der Waals surface area contributed by atoms with Gasteiger partial charge >= 0.3 is 0 Å². The molecule has 6 heteroatoms. The predicted molar refractivity (Wildman–Crippen MR) is 78.8 cm³/mol. The lowest BCUT2D eigenvalue weighted by molar-refractivity contribution is -0.134.